The second kappa shape index (κ2) is 8.85. The second-order valence-corrected chi connectivity index (χ2v) is 5.73. The van der Waals surface area contributed by atoms with Crippen LogP contribution in [0.4, 0.5) is 0 Å². The summed E-state index contributed by atoms with van der Waals surface area (Å²) in [7, 11) is 0. The van der Waals surface area contributed by atoms with Gasteiger partial charge in [-0.15, -0.1) is 0 Å². The van der Waals surface area contributed by atoms with Crippen molar-refractivity contribution in [1.29, 1.82) is 0 Å². The molecular formula is C19H26O4. The van der Waals surface area contributed by atoms with E-state index in [0.29, 0.717) is 13.2 Å². The van der Waals surface area contributed by atoms with Crippen molar-refractivity contribution in [3.63, 3.8) is 0 Å². The maximum Gasteiger partial charge on any atom is 0.330 e. The molecular weight excluding hydrogens is 292 g/mol. The van der Waals surface area contributed by atoms with Crippen molar-refractivity contribution in [3.8, 4) is 0 Å². The Morgan fingerprint density at radius 2 is 2.22 bits per heavy atom. The lowest BCUT2D eigenvalue weighted by molar-refractivity contribution is -0.137. The summed E-state index contributed by atoms with van der Waals surface area (Å²) in [5.74, 6) is -0.318. The Kier molecular flexibility index (Phi) is 6.81. The van der Waals surface area contributed by atoms with Gasteiger partial charge in [-0.2, -0.15) is 0 Å². The average Bonchev–Trinajstić information content (AvgIpc) is 3.34. The summed E-state index contributed by atoms with van der Waals surface area (Å²) in [5, 5.41) is 0. The lowest BCUT2D eigenvalue weighted by atomic mass is 9.95. The summed E-state index contributed by atoms with van der Waals surface area (Å²) in [6, 6.07) is 6.15. The highest BCUT2D eigenvalue weighted by Gasteiger charge is 2.25. The maximum atomic E-state index is 11.6. The Labute approximate surface area is 138 Å². The quantitative estimate of drug-likeness (QED) is 0.394. The van der Waals surface area contributed by atoms with Gasteiger partial charge in [-0.05, 0) is 43.0 Å². The number of hydrogen-bond acceptors (Lipinski definition) is 4. The van der Waals surface area contributed by atoms with Crippen LogP contribution in [0.2, 0.25) is 0 Å². The Bertz CT molecular complexity index is 546. The smallest absolute Gasteiger partial charge is 0.330 e. The second-order valence-electron chi connectivity index (χ2n) is 5.73. The molecule has 1 aliphatic heterocycles. The number of rotatable bonds is 9. The van der Waals surface area contributed by atoms with Crippen LogP contribution in [-0.4, -0.2) is 31.9 Å². The van der Waals surface area contributed by atoms with Gasteiger partial charge in [0.2, 0.25) is 0 Å². The van der Waals surface area contributed by atoms with Crippen molar-refractivity contribution < 1.29 is 19.0 Å². The molecule has 126 valence electrons. The molecule has 0 amide bonds. The highest BCUT2D eigenvalue weighted by atomic mass is 16.6. The summed E-state index contributed by atoms with van der Waals surface area (Å²) in [6.07, 6.45) is 5.57. The van der Waals surface area contributed by atoms with E-state index in [-0.39, 0.29) is 18.2 Å². The standard InChI is InChI=1S/C19H26O4/c1-4-7-18(23-13-15-12-22-15)17-9-6-8-14(3)16(17)10-11-19(20)21-5-2/h6,8-11,15,18H,4-5,7,12-13H2,1-3H3/t15?,18-/m1/s1. The van der Waals surface area contributed by atoms with Crippen molar-refractivity contribution in [2.75, 3.05) is 19.8 Å². The van der Waals surface area contributed by atoms with Crippen LogP contribution in [0.3, 0.4) is 0 Å². The zero-order valence-electron chi connectivity index (χ0n) is 14.2. The van der Waals surface area contributed by atoms with Gasteiger partial charge in [0.1, 0.15) is 6.10 Å². The number of hydrogen-bond donors (Lipinski definition) is 0. The molecule has 4 nitrogen and oxygen atoms in total. The Hall–Kier alpha value is -1.65. The molecule has 1 heterocycles. The van der Waals surface area contributed by atoms with E-state index in [1.165, 1.54) is 6.08 Å². The lowest BCUT2D eigenvalue weighted by Gasteiger charge is -2.20. The minimum atomic E-state index is -0.318. The first-order chi connectivity index (χ1) is 11.2. The van der Waals surface area contributed by atoms with Gasteiger partial charge >= 0.3 is 5.97 Å². The Morgan fingerprint density at radius 1 is 1.43 bits per heavy atom. The molecule has 0 bridgehead atoms. The van der Waals surface area contributed by atoms with Crippen molar-refractivity contribution in [2.24, 2.45) is 0 Å². The topological polar surface area (TPSA) is 48.1 Å². The first kappa shape index (κ1) is 17.7. The molecule has 1 aromatic carbocycles. The predicted octanol–water partition coefficient (Wildman–Crippen LogP) is 3.83. The lowest BCUT2D eigenvalue weighted by Crippen LogP contribution is -2.11. The van der Waals surface area contributed by atoms with Gasteiger partial charge < -0.3 is 14.2 Å². The molecule has 2 rings (SSSR count). The number of ether oxygens (including phenoxy) is 3. The zero-order chi connectivity index (χ0) is 16.7. The minimum absolute atomic E-state index is 0.0194. The number of aryl methyl sites for hydroxylation is 1. The van der Waals surface area contributed by atoms with Gasteiger partial charge in [-0.1, -0.05) is 31.5 Å². The van der Waals surface area contributed by atoms with Gasteiger partial charge in [-0.25, -0.2) is 4.79 Å². The SMILES string of the molecule is CCC[C@@H](OCC1CO1)c1cccc(C)c1C=CC(=O)OCC. The number of esters is 1. The number of carbonyl (C=O) groups is 1. The fourth-order valence-electron chi connectivity index (χ4n) is 2.53. The van der Waals surface area contributed by atoms with Crippen molar-refractivity contribution in [1.82, 2.24) is 0 Å². The van der Waals surface area contributed by atoms with Crippen LogP contribution in [0.25, 0.3) is 6.08 Å². The third kappa shape index (κ3) is 5.48. The monoisotopic (exact) mass is 318 g/mol. The van der Waals surface area contributed by atoms with Gasteiger partial charge in [0.05, 0.1) is 25.9 Å². The van der Waals surface area contributed by atoms with Crippen molar-refractivity contribution in [3.05, 3.63) is 41.0 Å². The van der Waals surface area contributed by atoms with Crippen LogP contribution in [-0.2, 0) is 19.0 Å². The largest absolute Gasteiger partial charge is 0.463 e. The number of carbonyl (C=O) groups excluding carboxylic acids is 1. The molecule has 0 N–H and O–H groups in total. The molecule has 1 saturated heterocycles. The van der Waals surface area contributed by atoms with E-state index < -0.39 is 0 Å². The molecule has 2 atom stereocenters. The van der Waals surface area contributed by atoms with E-state index in [1.807, 2.05) is 25.1 Å². The first-order valence-electron chi connectivity index (χ1n) is 8.33. The first-order valence-corrected chi connectivity index (χ1v) is 8.33. The maximum absolute atomic E-state index is 11.6. The molecule has 4 heteroatoms. The van der Waals surface area contributed by atoms with Crippen LogP contribution in [0.15, 0.2) is 24.3 Å². The minimum Gasteiger partial charge on any atom is -0.463 e. The highest BCUT2D eigenvalue weighted by Crippen LogP contribution is 2.30. The van der Waals surface area contributed by atoms with E-state index in [2.05, 4.69) is 13.0 Å². The fraction of sp³-hybridized carbons (Fsp3) is 0.526. The van der Waals surface area contributed by atoms with E-state index in [0.717, 1.165) is 36.1 Å². The van der Waals surface area contributed by atoms with E-state index in [4.69, 9.17) is 14.2 Å². The van der Waals surface area contributed by atoms with Crippen LogP contribution < -0.4 is 0 Å². The normalized spacial score (nSPS) is 18.1. The Morgan fingerprint density at radius 3 is 2.87 bits per heavy atom. The van der Waals surface area contributed by atoms with Gasteiger partial charge in [0.25, 0.3) is 0 Å². The van der Waals surface area contributed by atoms with Crippen LogP contribution in [0.1, 0.15) is 49.5 Å². The summed E-state index contributed by atoms with van der Waals surface area (Å²) in [4.78, 5) is 11.6. The van der Waals surface area contributed by atoms with Gasteiger partial charge in [0, 0.05) is 6.08 Å². The number of benzene rings is 1. The molecule has 1 aromatic rings. The van der Waals surface area contributed by atoms with E-state index in [1.54, 1.807) is 6.92 Å². The van der Waals surface area contributed by atoms with Crippen molar-refractivity contribution >= 4 is 12.0 Å². The molecule has 0 radical (unpaired) electrons. The zero-order valence-corrected chi connectivity index (χ0v) is 14.2. The summed E-state index contributed by atoms with van der Waals surface area (Å²) in [6.45, 7) is 7.79. The van der Waals surface area contributed by atoms with E-state index in [9.17, 15) is 4.79 Å². The molecule has 0 spiro atoms. The molecule has 23 heavy (non-hydrogen) atoms. The Balaban J connectivity index is 2.20. The summed E-state index contributed by atoms with van der Waals surface area (Å²) < 4.78 is 16.3. The number of epoxide rings is 1. The average molecular weight is 318 g/mol. The molecule has 0 aliphatic carbocycles. The third-order valence-electron chi connectivity index (χ3n) is 3.81. The van der Waals surface area contributed by atoms with Gasteiger partial charge in [0.15, 0.2) is 0 Å². The molecule has 0 aromatic heterocycles. The van der Waals surface area contributed by atoms with Crippen LogP contribution >= 0.6 is 0 Å². The van der Waals surface area contributed by atoms with Gasteiger partial charge in [-0.3, -0.25) is 0 Å². The summed E-state index contributed by atoms with van der Waals surface area (Å²) in [5.41, 5.74) is 3.28. The van der Waals surface area contributed by atoms with Crippen molar-refractivity contribution in [2.45, 2.75) is 45.8 Å². The predicted molar refractivity (Wildman–Crippen MR) is 90.2 cm³/mol. The molecule has 1 fully saturated rings. The molecule has 1 aliphatic rings. The fourth-order valence-corrected chi connectivity index (χ4v) is 2.53. The van der Waals surface area contributed by atoms with Crippen LogP contribution in [0.5, 0.6) is 0 Å². The van der Waals surface area contributed by atoms with E-state index >= 15 is 0 Å². The highest BCUT2D eigenvalue weighted by molar-refractivity contribution is 5.87. The molecule has 0 saturated carbocycles. The molecule has 1 unspecified atom stereocenters. The summed E-state index contributed by atoms with van der Waals surface area (Å²) >= 11 is 0. The third-order valence-corrected chi connectivity index (χ3v) is 3.81. The van der Waals surface area contributed by atoms with Crippen LogP contribution in [0, 0.1) is 6.92 Å².